The molecule has 6 heteroatoms. The van der Waals surface area contributed by atoms with Crippen LogP contribution in [0.4, 0.5) is 0 Å². The van der Waals surface area contributed by atoms with Gasteiger partial charge in [-0.1, -0.05) is 28.1 Å². The van der Waals surface area contributed by atoms with E-state index in [9.17, 15) is 4.79 Å². The highest BCUT2D eigenvalue weighted by Crippen LogP contribution is 2.39. The van der Waals surface area contributed by atoms with Crippen LogP contribution in [-0.4, -0.2) is 43.2 Å². The number of ether oxygens (including phenoxy) is 1. The van der Waals surface area contributed by atoms with E-state index in [-0.39, 0.29) is 24.4 Å². The number of carbonyl (C=O) groups excluding carboxylic acids is 1. The number of hydrogen-bond donors (Lipinski definition) is 1. The van der Waals surface area contributed by atoms with Gasteiger partial charge in [-0.05, 0) is 56.3 Å². The molecule has 134 valence electrons. The summed E-state index contributed by atoms with van der Waals surface area (Å²) >= 11 is 3.48. The van der Waals surface area contributed by atoms with E-state index in [1.54, 1.807) is 0 Å². The SMILES string of the molecule is CC1CC(CN)CN1C(=O)C1(c2ccc(Br)cc2)CCOCC1.Cl. The highest BCUT2D eigenvalue weighted by atomic mass is 79.9. The van der Waals surface area contributed by atoms with Gasteiger partial charge in [0.15, 0.2) is 0 Å². The molecule has 0 aromatic heterocycles. The summed E-state index contributed by atoms with van der Waals surface area (Å²) in [5.74, 6) is 0.683. The summed E-state index contributed by atoms with van der Waals surface area (Å²) in [5, 5.41) is 0. The molecule has 4 nitrogen and oxygen atoms in total. The van der Waals surface area contributed by atoms with Crippen LogP contribution in [0.25, 0.3) is 0 Å². The minimum atomic E-state index is -0.448. The third-order valence-electron chi connectivity index (χ3n) is 5.41. The fraction of sp³-hybridized carbons (Fsp3) is 0.611. The van der Waals surface area contributed by atoms with Crippen molar-refractivity contribution in [1.82, 2.24) is 4.90 Å². The van der Waals surface area contributed by atoms with Crippen molar-refractivity contribution in [3.63, 3.8) is 0 Å². The highest BCUT2D eigenvalue weighted by molar-refractivity contribution is 9.10. The number of carbonyl (C=O) groups is 1. The predicted octanol–water partition coefficient (Wildman–Crippen LogP) is 3.11. The Kier molecular flexibility index (Phi) is 6.71. The van der Waals surface area contributed by atoms with Crippen molar-refractivity contribution >= 4 is 34.2 Å². The molecule has 2 N–H and O–H groups in total. The lowest BCUT2D eigenvalue weighted by atomic mass is 9.73. The van der Waals surface area contributed by atoms with Crippen molar-refractivity contribution in [1.29, 1.82) is 0 Å². The average Bonchev–Trinajstić information content (AvgIpc) is 2.96. The van der Waals surface area contributed by atoms with Gasteiger partial charge in [0.25, 0.3) is 0 Å². The van der Waals surface area contributed by atoms with Gasteiger partial charge in [0.2, 0.25) is 5.91 Å². The largest absolute Gasteiger partial charge is 0.381 e. The lowest BCUT2D eigenvalue weighted by molar-refractivity contribution is -0.142. The van der Waals surface area contributed by atoms with Crippen LogP contribution in [0, 0.1) is 5.92 Å². The van der Waals surface area contributed by atoms with Crippen LogP contribution in [0.15, 0.2) is 28.7 Å². The standard InChI is InChI=1S/C18H25BrN2O2.ClH/c1-13-10-14(11-20)12-21(13)17(22)18(6-8-23-9-7-18)15-2-4-16(19)5-3-15;/h2-5,13-14H,6-12,20H2,1H3;1H. The third kappa shape index (κ3) is 3.64. The second-order valence-corrected chi connectivity index (χ2v) is 7.76. The fourth-order valence-electron chi connectivity index (χ4n) is 3.99. The van der Waals surface area contributed by atoms with E-state index >= 15 is 0 Å². The minimum Gasteiger partial charge on any atom is -0.381 e. The summed E-state index contributed by atoms with van der Waals surface area (Å²) in [6.45, 7) is 4.87. The number of rotatable bonds is 3. The van der Waals surface area contributed by atoms with Crippen molar-refractivity contribution in [2.45, 2.75) is 37.6 Å². The molecule has 1 aromatic carbocycles. The van der Waals surface area contributed by atoms with Crippen molar-refractivity contribution in [3.8, 4) is 0 Å². The number of nitrogens with two attached hydrogens (primary N) is 1. The molecule has 0 spiro atoms. The normalized spacial score (nSPS) is 26.0. The molecule has 0 bridgehead atoms. The van der Waals surface area contributed by atoms with Gasteiger partial charge in [0, 0.05) is 30.3 Å². The van der Waals surface area contributed by atoms with Gasteiger partial charge in [0.1, 0.15) is 0 Å². The molecule has 2 aliphatic heterocycles. The molecule has 2 unspecified atom stereocenters. The zero-order chi connectivity index (χ0) is 16.4. The maximum absolute atomic E-state index is 13.5. The summed E-state index contributed by atoms with van der Waals surface area (Å²) in [4.78, 5) is 15.6. The average molecular weight is 418 g/mol. The Morgan fingerprint density at radius 3 is 2.50 bits per heavy atom. The Morgan fingerprint density at radius 2 is 1.96 bits per heavy atom. The van der Waals surface area contributed by atoms with Crippen LogP contribution >= 0.6 is 28.3 Å². The van der Waals surface area contributed by atoms with Gasteiger partial charge in [-0.2, -0.15) is 0 Å². The molecular formula is C18H26BrClN2O2. The molecule has 2 saturated heterocycles. The maximum Gasteiger partial charge on any atom is 0.233 e. The topological polar surface area (TPSA) is 55.6 Å². The number of halogens is 2. The summed E-state index contributed by atoms with van der Waals surface area (Å²) < 4.78 is 6.59. The molecular weight excluding hydrogens is 392 g/mol. The minimum absolute atomic E-state index is 0. The number of nitrogens with zero attached hydrogens (tertiary/aromatic N) is 1. The van der Waals surface area contributed by atoms with Crippen molar-refractivity contribution < 1.29 is 9.53 Å². The summed E-state index contributed by atoms with van der Waals surface area (Å²) in [7, 11) is 0. The lowest BCUT2D eigenvalue weighted by Crippen LogP contribution is -2.51. The summed E-state index contributed by atoms with van der Waals surface area (Å²) in [6.07, 6.45) is 2.52. The van der Waals surface area contributed by atoms with E-state index in [4.69, 9.17) is 10.5 Å². The van der Waals surface area contributed by atoms with E-state index in [1.165, 1.54) is 0 Å². The second kappa shape index (κ2) is 8.17. The van der Waals surface area contributed by atoms with E-state index in [1.807, 2.05) is 12.1 Å². The molecule has 0 radical (unpaired) electrons. The van der Waals surface area contributed by atoms with Gasteiger partial charge >= 0.3 is 0 Å². The zero-order valence-electron chi connectivity index (χ0n) is 14.0. The first-order valence-corrected chi connectivity index (χ1v) is 9.21. The number of benzene rings is 1. The first-order chi connectivity index (χ1) is 11.1. The van der Waals surface area contributed by atoms with E-state index in [0.717, 1.165) is 35.8 Å². The van der Waals surface area contributed by atoms with Gasteiger partial charge in [-0.15, -0.1) is 12.4 Å². The van der Waals surface area contributed by atoms with Crippen molar-refractivity contribution in [2.75, 3.05) is 26.3 Å². The molecule has 2 atom stereocenters. The Balaban J connectivity index is 0.00000208. The number of amides is 1. The van der Waals surface area contributed by atoms with Crippen LogP contribution in [0.3, 0.4) is 0 Å². The van der Waals surface area contributed by atoms with Crippen molar-refractivity contribution in [2.24, 2.45) is 11.7 Å². The Labute approximate surface area is 158 Å². The van der Waals surface area contributed by atoms with Crippen LogP contribution < -0.4 is 5.73 Å². The summed E-state index contributed by atoms with van der Waals surface area (Å²) in [6, 6.07) is 8.47. The van der Waals surface area contributed by atoms with E-state index in [2.05, 4.69) is 39.9 Å². The molecule has 1 amide bonds. The first-order valence-electron chi connectivity index (χ1n) is 8.42. The molecule has 2 heterocycles. The Bertz CT molecular complexity index is 561. The molecule has 2 aliphatic rings. The molecule has 2 fully saturated rings. The van der Waals surface area contributed by atoms with Crippen LogP contribution in [0.2, 0.25) is 0 Å². The quantitative estimate of drug-likeness (QED) is 0.822. The molecule has 24 heavy (non-hydrogen) atoms. The zero-order valence-corrected chi connectivity index (χ0v) is 16.4. The second-order valence-electron chi connectivity index (χ2n) is 6.85. The molecule has 3 rings (SSSR count). The first kappa shape index (κ1) is 19.7. The maximum atomic E-state index is 13.5. The third-order valence-corrected chi connectivity index (χ3v) is 5.94. The predicted molar refractivity (Wildman–Crippen MR) is 101 cm³/mol. The molecule has 0 aliphatic carbocycles. The van der Waals surface area contributed by atoms with Gasteiger partial charge in [-0.25, -0.2) is 0 Å². The number of hydrogen-bond acceptors (Lipinski definition) is 3. The summed E-state index contributed by atoms with van der Waals surface area (Å²) in [5.41, 5.74) is 6.50. The highest BCUT2D eigenvalue weighted by Gasteiger charge is 2.46. The van der Waals surface area contributed by atoms with Crippen LogP contribution in [0.1, 0.15) is 31.7 Å². The van der Waals surface area contributed by atoms with E-state index < -0.39 is 5.41 Å². The fourth-order valence-corrected chi connectivity index (χ4v) is 4.25. The molecule has 0 saturated carbocycles. The van der Waals surface area contributed by atoms with Crippen LogP contribution in [0.5, 0.6) is 0 Å². The van der Waals surface area contributed by atoms with Gasteiger partial charge < -0.3 is 15.4 Å². The lowest BCUT2D eigenvalue weighted by Gasteiger charge is -2.40. The van der Waals surface area contributed by atoms with Gasteiger partial charge in [-0.3, -0.25) is 4.79 Å². The van der Waals surface area contributed by atoms with Crippen LogP contribution in [-0.2, 0) is 14.9 Å². The smallest absolute Gasteiger partial charge is 0.233 e. The Hall–Kier alpha value is -0.620. The van der Waals surface area contributed by atoms with Crippen molar-refractivity contribution in [3.05, 3.63) is 34.3 Å². The van der Waals surface area contributed by atoms with E-state index in [0.29, 0.717) is 25.7 Å². The number of likely N-dealkylation sites (tertiary alicyclic amines) is 1. The monoisotopic (exact) mass is 416 g/mol. The Morgan fingerprint density at radius 1 is 1.33 bits per heavy atom. The van der Waals surface area contributed by atoms with Gasteiger partial charge in [0.05, 0.1) is 5.41 Å². The molecule has 1 aromatic rings.